The Labute approximate surface area is 141 Å². The summed E-state index contributed by atoms with van der Waals surface area (Å²) in [5.74, 6) is 1.05. The molecule has 0 fully saturated rings. The maximum atomic E-state index is 5.92. The van der Waals surface area contributed by atoms with Crippen LogP contribution in [0.5, 0.6) is 0 Å². The van der Waals surface area contributed by atoms with Crippen molar-refractivity contribution in [1.29, 1.82) is 0 Å². The lowest BCUT2D eigenvalue weighted by molar-refractivity contribution is 0.376. The number of halogens is 1. The summed E-state index contributed by atoms with van der Waals surface area (Å²) in [4.78, 5) is 5.27. The van der Waals surface area contributed by atoms with E-state index in [0.717, 1.165) is 10.6 Å². The van der Waals surface area contributed by atoms with Gasteiger partial charge in [-0.05, 0) is 41.9 Å². The molecule has 2 aromatic heterocycles. The third-order valence-electron chi connectivity index (χ3n) is 2.69. The SMILES string of the molecule is S=C(NCc1nc(-c2cccs2)no1)Nc1cccc(Cl)c1. The van der Waals surface area contributed by atoms with E-state index in [9.17, 15) is 0 Å². The first-order chi connectivity index (χ1) is 10.7. The quantitative estimate of drug-likeness (QED) is 0.695. The Morgan fingerprint density at radius 2 is 2.23 bits per heavy atom. The molecule has 3 aromatic rings. The maximum Gasteiger partial charge on any atom is 0.246 e. The number of benzene rings is 1. The Balaban J connectivity index is 1.55. The van der Waals surface area contributed by atoms with Crippen molar-refractivity contribution in [2.45, 2.75) is 6.54 Å². The summed E-state index contributed by atoms with van der Waals surface area (Å²) in [5.41, 5.74) is 0.815. The van der Waals surface area contributed by atoms with Gasteiger partial charge in [-0.2, -0.15) is 4.98 Å². The van der Waals surface area contributed by atoms with E-state index in [1.807, 2.05) is 29.6 Å². The zero-order chi connectivity index (χ0) is 15.4. The zero-order valence-electron chi connectivity index (χ0n) is 11.2. The van der Waals surface area contributed by atoms with E-state index >= 15 is 0 Å². The average molecular weight is 351 g/mol. The van der Waals surface area contributed by atoms with E-state index in [-0.39, 0.29) is 0 Å². The van der Waals surface area contributed by atoms with Gasteiger partial charge in [-0.1, -0.05) is 28.9 Å². The van der Waals surface area contributed by atoms with Gasteiger partial charge < -0.3 is 15.2 Å². The van der Waals surface area contributed by atoms with Gasteiger partial charge in [0.05, 0.1) is 11.4 Å². The summed E-state index contributed by atoms with van der Waals surface area (Å²) in [7, 11) is 0. The Morgan fingerprint density at radius 1 is 1.32 bits per heavy atom. The molecule has 0 aliphatic heterocycles. The van der Waals surface area contributed by atoms with Crippen molar-refractivity contribution in [3.05, 3.63) is 52.7 Å². The highest BCUT2D eigenvalue weighted by Gasteiger charge is 2.09. The molecule has 0 aliphatic carbocycles. The van der Waals surface area contributed by atoms with E-state index in [2.05, 4.69) is 20.8 Å². The number of hydrogen-bond acceptors (Lipinski definition) is 5. The van der Waals surface area contributed by atoms with Crippen molar-refractivity contribution >= 4 is 46.0 Å². The van der Waals surface area contributed by atoms with Crippen LogP contribution >= 0.6 is 35.2 Å². The minimum atomic E-state index is 0.352. The van der Waals surface area contributed by atoms with Gasteiger partial charge in [-0.3, -0.25) is 0 Å². The zero-order valence-corrected chi connectivity index (χ0v) is 13.6. The van der Waals surface area contributed by atoms with Crippen molar-refractivity contribution < 1.29 is 4.52 Å². The number of aromatic nitrogens is 2. The molecular weight excluding hydrogens is 340 g/mol. The topological polar surface area (TPSA) is 63.0 Å². The molecule has 1 aromatic carbocycles. The molecule has 5 nitrogen and oxygen atoms in total. The molecule has 0 saturated carbocycles. The molecule has 0 aliphatic rings. The predicted molar refractivity (Wildman–Crippen MR) is 92.1 cm³/mol. The van der Waals surface area contributed by atoms with Crippen LogP contribution in [0.4, 0.5) is 5.69 Å². The van der Waals surface area contributed by atoms with Gasteiger partial charge in [0, 0.05) is 10.7 Å². The summed E-state index contributed by atoms with van der Waals surface area (Å²) in [6.07, 6.45) is 0. The van der Waals surface area contributed by atoms with Crippen molar-refractivity contribution in [2.24, 2.45) is 0 Å². The molecule has 0 saturated heterocycles. The van der Waals surface area contributed by atoms with E-state index in [0.29, 0.717) is 28.4 Å². The van der Waals surface area contributed by atoms with Crippen LogP contribution in [-0.4, -0.2) is 15.3 Å². The average Bonchev–Trinajstić information content (AvgIpc) is 3.16. The van der Waals surface area contributed by atoms with Crippen LogP contribution in [0.25, 0.3) is 10.7 Å². The normalized spacial score (nSPS) is 10.4. The minimum absolute atomic E-state index is 0.352. The maximum absolute atomic E-state index is 5.92. The van der Waals surface area contributed by atoms with Crippen LogP contribution in [0, 0.1) is 0 Å². The van der Waals surface area contributed by atoms with Crippen LogP contribution in [0.3, 0.4) is 0 Å². The molecule has 22 heavy (non-hydrogen) atoms. The van der Waals surface area contributed by atoms with Gasteiger partial charge >= 0.3 is 0 Å². The van der Waals surface area contributed by atoms with Crippen LogP contribution in [0.2, 0.25) is 5.02 Å². The van der Waals surface area contributed by atoms with E-state index in [1.54, 1.807) is 23.5 Å². The Morgan fingerprint density at radius 3 is 3.00 bits per heavy atom. The van der Waals surface area contributed by atoms with Gasteiger partial charge in [0.2, 0.25) is 11.7 Å². The van der Waals surface area contributed by atoms with E-state index < -0.39 is 0 Å². The summed E-state index contributed by atoms with van der Waals surface area (Å²) in [5, 5.41) is 13.0. The van der Waals surface area contributed by atoms with Crippen LogP contribution < -0.4 is 10.6 Å². The largest absolute Gasteiger partial charge is 0.353 e. The molecule has 0 spiro atoms. The van der Waals surface area contributed by atoms with E-state index in [1.165, 1.54) is 0 Å². The van der Waals surface area contributed by atoms with Gasteiger partial charge in [-0.15, -0.1) is 11.3 Å². The standard InChI is InChI=1S/C14H11ClN4OS2/c15-9-3-1-4-10(7-9)17-14(21)16-8-12-18-13(19-20-12)11-5-2-6-22-11/h1-7H,8H2,(H2,16,17,21). The second-order valence-electron chi connectivity index (χ2n) is 4.31. The molecule has 8 heteroatoms. The molecule has 3 rings (SSSR count). The highest BCUT2D eigenvalue weighted by atomic mass is 35.5. The highest BCUT2D eigenvalue weighted by Crippen LogP contribution is 2.21. The van der Waals surface area contributed by atoms with Crippen LogP contribution in [0.15, 0.2) is 46.3 Å². The van der Waals surface area contributed by atoms with Gasteiger partial charge in [0.15, 0.2) is 5.11 Å². The molecule has 2 N–H and O–H groups in total. The van der Waals surface area contributed by atoms with Gasteiger partial charge in [-0.25, -0.2) is 0 Å². The number of thiocarbonyl (C=S) groups is 1. The fourth-order valence-electron chi connectivity index (χ4n) is 1.73. The number of hydrogen-bond donors (Lipinski definition) is 2. The lowest BCUT2D eigenvalue weighted by Crippen LogP contribution is -2.27. The third kappa shape index (κ3) is 3.82. The predicted octanol–water partition coefficient (Wildman–Crippen LogP) is 3.94. The van der Waals surface area contributed by atoms with E-state index in [4.69, 9.17) is 28.3 Å². The Kier molecular flexibility index (Phi) is 4.67. The third-order valence-corrected chi connectivity index (χ3v) is 4.04. The molecule has 112 valence electrons. The first kappa shape index (κ1) is 15.0. The molecular formula is C14H11ClN4OS2. The second kappa shape index (κ2) is 6.87. The van der Waals surface area contributed by atoms with Crippen molar-refractivity contribution in [1.82, 2.24) is 15.5 Å². The lowest BCUT2D eigenvalue weighted by Gasteiger charge is -2.08. The Hall–Kier alpha value is -1.96. The molecule has 0 radical (unpaired) electrons. The van der Waals surface area contributed by atoms with Crippen molar-refractivity contribution in [3.63, 3.8) is 0 Å². The molecule has 0 bridgehead atoms. The minimum Gasteiger partial charge on any atom is -0.353 e. The number of nitrogens with zero attached hydrogens (tertiary/aromatic N) is 2. The molecule has 2 heterocycles. The fourth-order valence-corrected chi connectivity index (χ4v) is 2.76. The van der Waals surface area contributed by atoms with Gasteiger partial charge in [0.25, 0.3) is 0 Å². The summed E-state index contributed by atoms with van der Waals surface area (Å²) in [6, 6.07) is 11.2. The summed E-state index contributed by atoms with van der Waals surface area (Å²) < 4.78 is 5.18. The fraction of sp³-hybridized carbons (Fsp3) is 0.0714. The first-order valence-corrected chi connectivity index (χ1v) is 8.04. The highest BCUT2D eigenvalue weighted by molar-refractivity contribution is 7.80. The Bertz CT molecular complexity index is 773. The number of thiophene rings is 1. The molecule has 0 amide bonds. The van der Waals surface area contributed by atoms with Crippen LogP contribution in [0.1, 0.15) is 5.89 Å². The summed E-state index contributed by atoms with van der Waals surface area (Å²) in [6.45, 7) is 0.352. The van der Waals surface area contributed by atoms with Crippen LogP contribution in [-0.2, 0) is 6.54 Å². The summed E-state index contributed by atoms with van der Waals surface area (Å²) >= 11 is 12.7. The second-order valence-corrected chi connectivity index (χ2v) is 6.10. The van der Waals surface area contributed by atoms with Gasteiger partial charge in [0.1, 0.15) is 0 Å². The molecule has 0 atom stereocenters. The number of nitrogens with one attached hydrogen (secondary N) is 2. The number of anilines is 1. The number of rotatable bonds is 4. The smallest absolute Gasteiger partial charge is 0.246 e. The van der Waals surface area contributed by atoms with Crippen molar-refractivity contribution in [2.75, 3.05) is 5.32 Å². The first-order valence-electron chi connectivity index (χ1n) is 6.37. The van der Waals surface area contributed by atoms with Crippen molar-refractivity contribution in [3.8, 4) is 10.7 Å². The lowest BCUT2D eigenvalue weighted by atomic mass is 10.3. The molecule has 0 unspecified atom stereocenters. The monoisotopic (exact) mass is 350 g/mol.